The molecule has 0 aliphatic heterocycles. The maximum absolute atomic E-state index is 9.00. The molecule has 23 heavy (non-hydrogen) atoms. The Balaban J connectivity index is 0.00000264. The zero-order chi connectivity index (χ0) is 15.8. The van der Waals surface area contributed by atoms with Gasteiger partial charge in [0.2, 0.25) is 0 Å². The first kappa shape index (κ1) is 19.4. The van der Waals surface area contributed by atoms with Crippen LogP contribution in [0.2, 0.25) is 0 Å². The van der Waals surface area contributed by atoms with E-state index in [0.717, 1.165) is 24.1 Å². The van der Waals surface area contributed by atoms with Gasteiger partial charge in [-0.25, -0.2) is 0 Å². The van der Waals surface area contributed by atoms with Gasteiger partial charge in [0.05, 0.1) is 6.61 Å². The minimum absolute atomic E-state index is 0. The largest absolute Gasteiger partial charge is 0.392 e. The van der Waals surface area contributed by atoms with Crippen LogP contribution in [0.3, 0.4) is 0 Å². The van der Waals surface area contributed by atoms with Crippen molar-refractivity contribution in [1.82, 2.24) is 0 Å². The van der Waals surface area contributed by atoms with Crippen molar-refractivity contribution in [1.29, 1.82) is 0 Å². The van der Waals surface area contributed by atoms with Gasteiger partial charge in [0.25, 0.3) is 0 Å². The van der Waals surface area contributed by atoms with Gasteiger partial charge in [0, 0.05) is 12.2 Å². The summed E-state index contributed by atoms with van der Waals surface area (Å²) in [4.78, 5) is 4.33. The minimum Gasteiger partial charge on any atom is -0.392 e. The Morgan fingerprint density at radius 3 is 2.13 bits per heavy atom. The van der Waals surface area contributed by atoms with Gasteiger partial charge < -0.3 is 16.2 Å². The molecule has 0 atom stereocenters. The molecule has 0 saturated heterocycles. The molecule has 2 aromatic carbocycles. The molecule has 4 nitrogen and oxygen atoms in total. The Hall–Kier alpha value is -1.60. The van der Waals surface area contributed by atoms with Crippen molar-refractivity contribution in [2.45, 2.75) is 26.4 Å². The summed E-state index contributed by atoms with van der Waals surface area (Å²) >= 11 is 0. The van der Waals surface area contributed by atoms with Gasteiger partial charge in [-0.3, -0.25) is 4.99 Å². The number of nitrogens with zero attached hydrogens (tertiary/aromatic N) is 1. The van der Waals surface area contributed by atoms with Gasteiger partial charge in [-0.2, -0.15) is 0 Å². The predicted octanol–water partition coefficient (Wildman–Crippen LogP) is 3.33. The number of hydrogen-bond donors (Lipinski definition) is 3. The number of guanidine groups is 1. The smallest absolute Gasteiger partial charge is 0.193 e. The predicted molar refractivity (Wildman–Crippen MR) is 107 cm³/mol. The Labute approximate surface area is 154 Å². The lowest BCUT2D eigenvalue weighted by Gasteiger charge is -2.06. The van der Waals surface area contributed by atoms with Crippen LogP contribution < -0.4 is 11.1 Å². The maximum Gasteiger partial charge on any atom is 0.193 e. The summed E-state index contributed by atoms with van der Waals surface area (Å²) in [5.41, 5.74) is 10.2. The number of aliphatic hydroxyl groups is 1. The summed E-state index contributed by atoms with van der Waals surface area (Å²) in [6, 6.07) is 16.1. The van der Waals surface area contributed by atoms with E-state index >= 15 is 0 Å². The molecule has 5 heteroatoms. The number of aliphatic imine (C=N–C) groups is 1. The molecule has 0 radical (unpaired) electrons. The highest BCUT2D eigenvalue weighted by Crippen LogP contribution is 2.09. The van der Waals surface area contributed by atoms with Gasteiger partial charge in [-0.15, -0.1) is 24.0 Å². The van der Waals surface area contributed by atoms with Crippen LogP contribution >= 0.6 is 24.0 Å². The Bertz CT molecular complexity index is 609. The molecule has 2 rings (SSSR count). The van der Waals surface area contributed by atoms with Crippen molar-refractivity contribution in [3.8, 4) is 0 Å². The number of nitrogens with two attached hydrogens (primary N) is 1. The number of aryl methyl sites for hydroxylation is 1. The standard InChI is InChI=1S/C18H23N3O.HI/c1-2-14-7-9-17(10-8-14)21-18(19)20-12-11-15-3-5-16(13-22)6-4-15;/h3-10,22H,2,11-13H2,1H3,(H3,19,20,21);1H. The molecule has 0 heterocycles. The molecular weight excluding hydrogens is 401 g/mol. The quantitative estimate of drug-likeness (QED) is 0.378. The van der Waals surface area contributed by atoms with Crippen LogP contribution in [0.1, 0.15) is 23.6 Å². The minimum atomic E-state index is 0. The summed E-state index contributed by atoms with van der Waals surface area (Å²) in [5, 5.41) is 12.1. The molecule has 0 aliphatic carbocycles. The normalized spacial score (nSPS) is 11.0. The van der Waals surface area contributed by atoms with Crippen molar-refractivity contribution < 1.29 is 5.11 Å². The summed E-state index contributed by atoms with van der Waals surface area (Å²) < 4.78 is 0. The lowest BCUT2D eigenvalue weighted by Crippen LogP contribution is -2.23. The van der Waals surface area contributed by atoms with Crippen molar-refractivity contribution in [3.63, 3.8) is 0 Å². The van der Waals surface area contributed by atoms with E-state index in [1.807, 2.05) is 36.4 Å². The zero-order valence-electron chi connectivity index (χ0n) is 13.3. The van der Waals surface area contributed by atoms with E-state index in [9.17, 15) is 0 Å². The fourth-order valence-corrected chi connectivity index (χ4v) is 2.13. The van der Waals surface area contributed by atoms with Gasteiger partial charge >= 0.3 is 0 Å². The highest BCUT2D eigenvalue weighted by molar-refractivity contribution is 14.0. The lowest BCUT2D eigenvalue weighted by molar-refractivity contribution is 0.282. The third-order valence-electron chi connectivity index (χ3n) is 3.52. The van der Waals surface area contributed by atoms with E-state index in [4.69, 9.17) is 10.8 Å². The fourth-order valence-electron chi connectivity index (χ4n) is 2.13. The molecule has 0 bridgehead atoms. The van der Waals surface area contributed by atoms with E-state index in [0.29, 0.717) is 12.5 Å². The summed E-state index contributed by atoms with van der Waals surface area (Å²) in [7, 11) is 0. The van der Waals surface area contributed by atoms with Crippen molar-refractivity contribution in [2.75, 3.05) is 11.9 Å². The van der Waals surface area contributed by atoms with E-state index < -0.39 is 0 Å². The van der Waals surface area contributed by atoms with Crippen LogP contribution in [0.4, 0.5) is 5.69 Å². The Morgan fingerprint density at radius 2 is 1.57 bits per heavy atom. The van der Waals surface area contributed by atoms with Gasteiger partial charge in [0.15, 0.2) is 5.96 Å². The summed E-state index contributed by atoms with van der Waals surface area (Å²) in [6.07, 6.45) is 1.85. The van der Waals surface area contributed by atoms with Crippen LogP contribution in [0.15, 0.2) is 53.5 Å². The van der Waals surface area contributed by atoms with Crippen molar-refractivity contribution >= 4 is 35.6 Å². The topological polar surface area (TPSA) is 70.6 Å². The summed E-state index contributed by atoms with van der Waals surface area (Å²) in [6.45, 7) is 2.84. The molecule has 0 saturated carbocycles. The van der Waals surface area contributed by atoms with E-state index in [1.54, 1.807) is 0 Å². The number of rotatable bonds is 6. The number of halogens is 1. The van der Waals surface area contributed by atoms with Crippen LogP contribution in [0, 0.1) is 0 Å². The van der Waals surface area contributed by atoms with Gasteiger partial charge in [0.1, 0.15) is 0 Å². The fraction of sp³-hybridized carbons (Fsp3) is 0.278. The third kappa shape index (κ3) is 6.58. The molecule has 0 unspecified atom stereocenters. The van der Waals surface area contributed by atoms with Gasteiger partial charge in [-0.05, 0) is 41.7 Å². The molecule has 124 valence electrons. The van der Waals surface area contributed by atoms with Gasteiger partial charge in [-0.1, -0.05) is 43.3 Å². The van der Waals surface area contributed by atoms with Crippen LogP contribution in [-0.4, -0.2) is 17.6 Å². The highest BCUT2D eigenvalue weighted by Gasteiger charge is 1.97. The van der Waals surface area contributed by atoms with Crippen LogP contribution in [-0.2, 0) is 19.4 Å². The number of aliphatic hydroxyl groups excluding tert-OH is 1. The molecule has 0 aromatic heterocycles. The first-order valence-corrected chi connectivity index (χ1v) is 7.56. The average Bonchev–Trinajstić information content (AvgIpc) is 2.56. The van der Waals surface area contributed by atoms with Crippen molar-refractivity contribution in [3.05, 3.63) is 65.2 Å². The number of nitrogens with one attached hydrogen (secondary N) is 1. The van der Waals surface area contributed by atoms with E-state index in [2.05, 4.69) is 29.4 Å². The molecule has 2 aromatic rings. The molecular formula is C18H24IN3O. The number of hydrogen-bond acceptors (Lipinski definition) is 2. The lowest BCUT2D eigenvalue weighted by atomic mass is 10.1. The van der Waals surface area contributed by atoms with Crippen LogP contribution in [0.25, 0.3) is 0 Å². The second-order valence-electron chi connectivity index (χ2n) is 5.17. The monoisotopic (exact) mass is 425 g/mol. The van der Waals surface area contributed by atoms with Crippen LogP contribution in [0.5, 0.6) is 0 Å². The molecule has 4 N–H and O–H groups in total. The Morgan fingerprint density at radius 1 is 1.00 bits per heavy atom. The summed E-state index contributed by atoms with van der Waals surface area (Å²) in [5.74, 6) is 0.427. The van der Waals surface area contributed by atoms with E-state index in [-0.39, 0.29) is 30.6 Å². The molecule has 0 amide bonds. The third-order valence-corrected chi connectivity index (χ3v) is 3.52. The molecule has 0 aliphatic rings. The average molecular weight is 425 g/mol. The second-order valence-corrected chi connectivity index (χ2v) is 5.17. The van der Waals surface area contributed by atoms with E-state index in [1.165, 1.54) is 11.1 Å². The first-order valence-electron chi connectivity index (χ1n) is 7.56. The highest BCUT2D eigenvalue weighted by atomic mass is 127. The zero-order valence-corrected chi connectivity index (χ0v) is 15.7. The number of anilines is 1. The maximum atomic E-state index is 9.00. The molecule has 0 fully saturated rings. The first-order chi connectivity index (χ1) is 10.7. The molecule has 0 spiro atoms. The Kier molecular flexibility index (Phi) is 8.65. The van der Waals surface area contributed by atoms with Crippen molar-refractivity contribution in [2.24, 2.45) is 10.7 Å². The SMILES string of the molecule is CCc1ccc(NC(N)=NCCc2ccc(CO)cc2)cc1.I. The number of benzene rings is 2. The second kappa shape index (κ2) is 10.2.